The van der Waals surface area contributed by atoms with Crippen molar-refractivity contribution in [2.45, 2.75) is 38.2 Å². The molecule has 1 aliphatic heterocycles. The molecule has 0 aliphatic carbocycles. The highest BCUT2D eigenvalue weighted by Gasteiger charge is 2.23. The van der Waals surface area contributed by atoms with Gasteiger partial charge in [0.15, 0.2) is 0 Å². The summed E-state index contributed by atoms with van der Waals surface area (Å²) >= 11 is 6.30. The van der Waals surface area contributed by atoms with Crippen LogP contribution in [0.15, 0.2) is 53.7 Å². The molecule has 2 aromatic carbocycles. The lowest BCUT2D eigenvalue weighted by molar-refractivity contribution is 0.0525. The highest BCUT2D eigenvalue weighted by Crippen LogP contribution is 2.31. The first kappa shape index (κ1) is 26.1. The minimum Gasteiger partial charge on any atom is -0.487 e. The van der Waals surface area contributed by atoms with Crippen molar-refractivity contribution in [1.82, 2.24) is 9.47 Å². The van der Waals surface area contributed by atoms with Crippen LogP contribution in [0, 0.1) is 13.8 Å². The van der Waals surface area contributed by atoms with E-state index in [-0.39, 0.29) is 17.0 Å². The second-order valence-electron chi connectivity index (χ2n) is 8.97. The van der Waals surface area contributed by atoms with Crippen LogP contribution in [0.3, 0.4) is 0 Å². The fourth-order valence-electron chi connectivity index (χ4n) is 4.24. The Morgan fingerprint density at radius 1 is 1.17 bits per heavy atom. The highest BCUT2D eigenvalue weighted by molar-refractivity contribution is 7.92. The largest absolute Gasteiger partial charge is 0.487 e. The number of anilines is 1. The van der Waals surface area contributed by atoms with Gasteiger partial charge in [-0.25, -0.2) is 13.2 Å². The van der Waals surface area contributed by atoms with Crippen LogP contribution in [0.1, 0.15) is 34.8 Å². The lowest BCUT2D eigenvalue weighted by Crippen LogP contribution is -2.21. The molecule has 0 saturated carbocycles. The highest BCUT2D eigenvalue weighted by atomic mass is 35.5. The van der Waals surface area contributed by atoms with Gasteiger partial charge >= 0.3 is 5.97 Å². The Morgan fingerprint density at radius 3 is 2.64 bits per heavy atom. The molecule has 192 valence electrons. The molecule has 8 nitrogen and oxygen atoms in total. The van der Waals surface area contributed by atoms with E-state index in [0.717, 1.165) is 36.3 Å². The fourth-order valence-corrected chi connectivity index (χ4v) is 5.44. The maximum Gasteiger partial charge on any atom is 0.338 e. The van der Waals surface area contributed by atoms with Crippen molar-refractivity contribution in [2.24, 2.45) is 0 Å². The van der Waals surface area contributed by atoms with Crippen molar-refractivity contribution in [1.29, 1.82) is 0 Å². The molecule has 1 fully saturated rings. The topological polar surface area (TPSA) is 89.9 Å². The number of likely N-dealkylation sites (tertiary alicyclic amines) is 1. The van der Waals surface area contributed by atoms with Crippen LogP contribution in [0.25, 0.3) is 5.69 Å². The molecule has 0 amide bonds. The molecule has 1 aromatic heterocycles. The van der Waals surface area contributed by atoms with Gasteiger partial charge in [0.05, 0.1) is 22.9 Å². The van der Waals surface area contributed by atoms with E-state index in [9.17, 15) is 13.2 Å². The Hall–Kier alpha value is -3.01. The summed E-state index contributed by atoms with van der Waals surface area (Å²) in [6.07, 6.45) is 4.11. The summed E-state index contributed by atoms with van der Waals surface area (Å²) in [6.45, 7) is 7.47. The van der Waals surface area contributed by atoms with E-state index in [1.807, 2.05) is 27.0 Å². The molecule has 0 bridgehead atoms. The van der Waals surface area contributed by atoms with Gasteiger partial charge in [0.2, 0.25) is 0 Å². The summed E-state index contributed by atoms with van der Waals surface area (Å²) < 4.78 is 41.7. The minimum atomic E-state index is -3.87. The van der Waals surface area contributed by atoms with Crippen molar-refractivity contribution in [2.75, 3.05) is 31.5 Å². The van der Waals surface area contributed by atoms with Gasteiger partial charge in [0.1, 0.15) is 16.7 Å². The molecule has 36 heavy (non-hydrogen) atoms. The second-order valence-corrected chi connectivity index (χ2v) is 11.1. The third-order valence-corrected chi connectivity index (χ3v) is 7.80. The number of aryl methyl sites for hydroxylation is 2. The van der Waals surface area contributed by atoms with Crippen molar-refractivity contribution < 1.29 is 22.7 Å². The number of rotatable bonds is 8. The number of nitrogens with one attached hydrogen (secondary N) is 1. The predicted octanol–water partition coefficient (Wildman–Crippen LogP) is 4.81. The number of benzene rings is 2. The van der Waals surface area contributed by atoms with Crippen molar-refractivity contribution in [3.8, 4) is 11.4 Å². The maximum atomic E-state index is 13.1. The molecule has 4 rings (SSSR count). The zero-order valence-electron chi connectivity index (χ0n) is 20.7. The molecule has 1 aliphatic rings. The first-order valence-corrected chi connectivity index (χ1v) is 13.6. The Kier molecular flexibility index (Phi) is 7.63. The molecule has 0 spiro atoms. The number of ether oxygens (including phenoxy) is 2. The molecule has 1 N–H and O–H groups in total. The van der Waals surface area contributed by atoms with Crippen LogP contribution >= 0.6 is 11.6 Å². The Labute approximate surface area is 216 Å². The monoisotopic (exact) mass is 531 g/mol. The van der Waals surface area contributed by atoms with E-state index in [0.29, 0.717) is 28.6 Å². The third-order valence-electron chi connectivity index (χ3n) is 6.12. The number of nitrogens with zero attached hydrogens (tertiary/aromatic N) is 2. The Balaban J connectivity index is 1.54. The van der Waals surface area contributed by atoms with E-state index in [2.05, 4.69) is 9.62 Å². The molecule has 3 aromatic rings. The summed E-state index contributed by atoms with van der Waals surface area (Å²) in [5.74, 6) is 0.0680. The molecule has 2 heterocycles. The van der Waals surface area contributed by atoms with Crippen LogP contribution in [0.4, 0.5) is 5.69 Å². The van der Waals surface area contributed by atoms with Gasteiger partial charge < -0.3 is 18.9 Å². The summed E-state index contributed by atoms with van der Waals surface area (Å²) in [5.41, 5.74) is 3.18. The fraction of sp³-hybridized carbons (Fsp3) is 0.346. The van der Waals surface area contributed by atoms with Crippen LogP contribution in [0.2, 0.25) is 5.02 Å². The van der Waals surface area contributed by atoms with Crippen molar-refractivity contribution in [3.05, 3.63) is 70.5 Å². The van der Waals surface area contributed by atoms with Crippen LogP contribution < -0.4 is 9.46 Å². The van der Waals surface area contributed by atoms with Gasteiger partial charge in [-0.05, 0) is 75.7 Å². The van der Waals surface area contributed by atoms with Gasteiger partial charge in [-0.1, -0.05) is 11.6 Å². The van der Waals surface area contributed by atoms with Gasteiger partial charge in [-0.2, -0.15) is 0 Å². The smallest absolute Gasteiger partial charge is 0.338 e. The number of halogens is 1. The molecule has 1 saturated heterocycles. The average Bonchev–Trinajstić information content (AvgIpc) is 3.47. The summed E-state index contributed by atoms with van der Waals surface area (Å²) in [7, 11) is -1.84. The first-order chi connectivity index (χ1) is 17.1. The van der Waals surface area contributed by atoms with E-state index in [1.54, 1.807) is 42.0 Å². The molecular formula is C26H30ClN3O5S. The lowest BCUT2D eigenvalue weighted by atomic mass is 10.0. The SMILES string of the molecule is CCOC(=O)c1cc(C)c(-n2ccc(S(=O)(=O)Nc3ccc(Cl)c(O[C@@H]4CCN(C)C4)c3)c2)cc1C. The third kappa shape index (κ3) is 5.69. The average molecular weight is 532 g/mol. The number of esters is 1. The zero-order valence-corrected chi connectivity index (χ0v) is 22.3. The molecule has 1 atom stereocenters. The normalized spacial score (nSPS) is 16.2. The van der Waals surface area contributed by atoms with Gasteiger partial charge in [0, 0.05) is 37.2 Å². The molecular weight excluding hydrogens is 502 g/mol. The summed E-state index contributed by atoms with van der Waals surface area (Å²) in [5, 5.41) is 0.427. The number of carbonyl (C=O) groups is 1. The van der Waals surface area contributed by atoms with Crippen LogP contribution in [0.5, 0.6) is 5.75 Å². The van der Waals surface area contributed by atoms with Crippen molar-refractivity contribution >= 4 is 33.3 Å². The van der Waals surface area contributed by atoms with E-state index < -0.39 is 10.0 Å². The number of carbonyl (C=O) groups excluding carboxylic acids is 1. The second kappa shape index (κ2) is 10.5. The minimum absolute atomic E-state index is 0.00954. The van der Waals surface area contributed by atoms with Crippen molar-refractivity contribution in [3.63, 3.8) is 0 Å². The van der Waals surface area contributed by atoms with E-state index in [1.165, 1.54) is 12.3 Å². The predicted molar refractivity (Wildman–Crippen MR) is 140 cm³/mol. The van der Waals surface area contributed by atoms with Gasteiger partial charge in [-0.3, -0.25) is 4.72 Å². The number of hydrogen-bond donors (Lipinski definition) is 1. The molecule has 0 radical (unpaired) electrons. The van der Waals surface area contributed by atoms with Crippen LogP contribution in [-0.4, -0.2) is 56.7 Å². The number of hydrogen-bond acceptors (Lipinski definition) is 6. The molecule has 10 heteroatoms. The quantitative estimate of drug-likeness (QED) is 0.420. The number of aromatic nitrogens is 1. The van der Waals surface area contributed by atoms with E-state index in [4.69, 9.17) is 21.1 Å². The number of sulfonamides is 1. The summed E-state index contributed by atoms with van der Waals surface area (Å²) in [6, 6.07) is 9.96. The number of likely N-dealkylation sites (N-methyl/N-ethyl adjacent to an activating group) is 1. The molecule has 0 unspecified atom stereocenters. The van der Waals surface area contributed by atoms with E-state index >= 15 is 0 Å². The van der Waals surface area contributed by atoms with Gasteiger partial charge in [-0.15, -0.1) is 0 Å². The van der Waals surface area contributed by atoms with Crippen LogP contribution in [-0.2, 0) is 14.8 Å². The Bertz CT molecular complexity index is 1390. The first-order valence-electron chi connectivity index (χ1n) is 11.7. The Morgan fingerprint density at radius 2 is 1.94 bits per heavy atom. The maximum absolute atomic E-state index is 13.1. The van der Waals surface area contributed by atoms with Gasteiger partial charge in [0.25, 0.3) is 10.0 Å². The standard InChI is InChI=1S/C26H30ClN3O5S/c1-5-34-26(31)22-12-18(3)24(13-17(22)2)30-11-9-21(16-30)36(32,33)28-19-6-7-23(27)25(14-19)35-20-8-10-29(4)15-20/h6-7,9,11-14,16,20,28H,5,8,10,15H2,1-4H3/t20-/m1/s1. The lowest BCUT2D eigenvalue weighted by Gasteiger charge is -2.16. The zero-order chi connectivity index (χ0) is 26.0. The summed E-state index contributed by atoms with van der Waals surface area (Å²) in [4.78, 5) is 14.5.